The Bertz CT molecular complexity index is 572. The molecule has 1 aliphatic carbocycles. The molecular formula is C16H19BrN2O2. The number of hydrogen-bond donors (Lipinski definition) is 2. The first-order valence-corrected chi connectivity index (χ1v) is 7.93. The molecule has 0 saturated heterocycles. The summed E-state index contributed by atoms with van der Waals surface area (Å²) < 4.78 is 0.837. The Morgan fingerprint density at radius 2 is 2.19 bits per heavy atom. The first-order chi connectivity index (χ1) is 9.97. The van der Waals surface area contributed by atoms with Crippen molar-refractivity contribution in [3.63, 3.8) is 0 Å². The second kappa shape index (κ2) is 6.48. The van der Waals surface area contributed by atoms with E-state index in [4.69, 9.17) is 5.26 Å². The van der Waals surface area contributed by atoms with E-state index in [0.29, 0.717) is 36.6 Å². The number of carboxylic acid groups (broad SMARTS) is 1. The zero-order valence-electron chi connectivity index (χ0n) is 12.0. The predicted molar refractivity (Wildman–Crippen MR) is 85.0 cm³/mol. The Labute approximate surface area is 133 Å². The number of halogens is 1. The van der Waals surface area contributed by atoms with Crippen LogP contribution in [-0.2, 0) is 4.79 Å². The maximum absolute atomic E-state index is 11.7. The Kier molecular flexibility index (Phi) is 4.89. The van der Waals surface area contributed by atoms with Crippen LogP contribution in [0.15, 0.2) is 22.7 Å². The number of anilines is 1. The SMILES string of the molecule is CC1CCC(CNc2ccc(Br)cc2C#N)(C(=O)O)CC1. The fraction of sp³-hybridized carbons (Fsp3) is 0.500. The number of rotatable bonds is 4. The molecule has 0 heterocycles. The summed E-state index contributed by atoms with van der Waals surface area (Å²) in [7, 11) is 0. The lowest BCUT2D eigenvalue weighted by Crippen LogP contribution is -2.41. The summed E-state index contributed by atoms with van der Waals surface area (Å²) in [4.78, 5) is 11.7. The summed E-state index contributed by atoms with van der Waals surface area (Å²) >= 11 is 3.33. The first-order valence-electron chi connectivity index (χ1n) is 7.14. The lowest BCUT2D eigenvalue weighted by molar-refractivity contribution is -0.150. The molecule has 2 N–H and O–H groups in total. The molecule has 0 radical (unpaired) electrons. The lowest BCUT2D eigenvalue weighted by atomic mass is 9.70. The van der Waals surface area contributed by atoms with Crippen molar-refractivity contribution in [1.29, 1.82) is 5.26 Å². The predicted octanol–water partition coefficient (Wildman–Crippen LogP) is 4.01. The molecule has 0 bridgehead atoms. The zero-order chi connectivity index (χ0) is 15.5. The van der Waals surface area contributed by atoms with Gasteiger partial charge in [0, 0.05) is 11.0 Å². The molecule has 2 rings (SSSR count). The van der Waals surface area contributed by atoms with E-state index >= 15 is 0 Å². The Morgan fingerprint density at radius 1 is 1.52 bits per heavy atom. The van der Waals surface area contributed by atoms with Crippen LogP contribution in [0.5, 0.6) is 0 Å². The van der Waals surface area contributed by atoms with Gasteiger partial charge in [-0.2, -0.15) is 5.26 Å². The first kappa shape index (κ1) is 15.8. The Balaban J connectivity index is 2.13. The summed E-state index contributed by atoms with van der Waals surface area (Å²) in [5.74, 6) is -0.141. The van der Waals surface area contributed by atoms with Crippen LogP contribution < -0.4 is 5.32 Å². The van der Waals surface area contributed by atoms with Crippen molar-refractivity contribution in [2.24, 2.45) is 11.3 Å². The third-order valence-corrected chi connectivity index (χ3v) is 4.90. The van der Waals surface area contributed by atoms with Gasteiger partial charge in [-0.3, -0.25) is 4.79 Å². The van der Waals surface area contributed by atoms with Crippen molar-refractivity contribution in [2.45, 2.75) is 32.6 Å². The molecule has 0 aliphatic heterocycles. The largest absolute Gasteiger partial charge is 0.481 e. The van der Waals surface area contributed by atoms with Gasteiger partial charge in [0.15, 0.2) is 0 Å². The number of nitriles is 1. The molecule has 0 amide bonds. The molecule has 1 aromatic rings. The normalized spacial score (nSPS) is 25.1. The third-order valence-electron chi connectivity index (χ3n) is 4.40. The average molecular weight is 351 g/mol. The molecule has 21 heavy (non-hydrogen) atoms. The standard InChI is InChI=1S/C16H19BrN2O2/c1-11-4-6-16(7-5-11,15(20)21)10-19-14-3-2-13(17)8-12(14)9-18/h2-3,8,11,19H,4-7,10H2,1H3,(H,20,21). The summed E-state index contributed by atoms with van der Waals surface area (Å²) in [6.45, 7) is 2.53. The minimum Gasteiger partial charge on any atom is -0.481 e. The van der Waals surface area contributed by atoms with Gasteiger partial charge < -0.3 is 10.4 Å². The van der Waals surface area contributed by atoms with Crippen LogP contribution in [0.1, 0.15) is 38.2 Å². The fourth-order valence-corrected chi connectivity index (χ4v) is 3.17. The molecule has 1 aliphatic rings. The summed E-state index contributed by atoms with van der Waals surface area (Å²) in [5, 5.41) is 21.9. The van der Waals surface area contributed by atoms with Gasteiger partial charge in [-0.1, -0.05) is 22.9 Å². The van der Waals surface area contributed by atoms with Crippen molar-refractivity contribution in [3.8, 4) is 6.07 Å². The maximum atomic E-state index is 11.7. The quantitative estimate of drug-likeness (QED) is 0.860. The highest BCUT2D eigenvalue weighted by atomic mass is 79.9. The van der Waals surface area contributed by atoms with E-state index in [-0.39, 0.29) is 0 Å². The second-order valence-electron chi connectivity index (χ2n) is 5.92. The molecule has 112 valence electrons. The minimum absolute atomic E-state index is 0.366. The van der Waals surface area contributed by atoms with Crippen LogP contribution in [0.2, 0.25) is 0 Å². The highest BCUT2D eigenvalue weighted by molar-refractivity contribution is 9.10. The van der Waals surface area contributed by atoms with Crippen LogP contribution in [0, 0.1) is 22.7 Å². The second-order valence-corrected chi connectivity index (χ2v) is 6.84. The summed E-state index contributed by atoms with van der Waals surface area (Å²) in [6.07, 6.45) is 3.27. The molecule has 5 heteroatoms. The van der Waals surface area contributed by atoms with Crippen LogP contribution in [0.3, 0.4) is 0 Å². The number of carbonyl (C=O) groups is 1. The molecule has 1 aromatic carbocycles. The highest BCUT2D eigenvalue weighted by Gasteiger charge is 2.41. The molecule has 0 aromatic heterocycles. The van der Waals surface area contributed by atoms with E-state index < -0.39 is 11.4 Å². The minimum atomic E-state index is -0.738. The number of aliphatic carboxylic acids is 1. The van der Waals surface area contributed by atoms with Gasteiger partial charge in [-0.05, 0) is 49.8 Å². The van der Waals surface area contributed by atoms with E-state index in [9.17, 15) is 9.90 Å². The van der Waals surface area contributed by atoms with Gasteiger partial charge in [0.05, 0.1) is 16.7 Å². The summed E-state index contributed by atoms with van der Waals surface area (Å²) in [5.41, 5.74) is 0.501. The van der Waals surface area contributed by atoms with Crippen LogP contribution >= 0.6 is 15.9 Å². The Morgan fingerprint density at radius 3 is 2.76 bits per heavy atom. The van der Waals surface area contributed by atoms with Crippen LogP contribution in [0.4, 0.5) is 5.69 Å². The number of nitrogens with one attached hydrogen (secondary N) is 1. The number of benzene rings is 1. The molecular weight excluding hydrogens is 332 g/mol. The van der Waals surface area contributed by atoms with Crippen LogP contribution in [-0.4, -0.2) is 17.6 Å². The molecule has 4 nitrogen and oxygen atoms in total. The van der Waals surface area contributed by atoms with Crippen molar-refractivity contribution in [1.82, 2.24) is 0 Å². The van der Waals surface area contributed by atoms with E-state index in [1.807, 2.05) is 12.1 Å². The van der Waals surface area contributed by atoms with Crippen molar-refractivity contribution in [3.05, 3.63) is 28.2 Å². The van der Waals surface area contributed by atoms with Gasteiger partial charge in [-0.25, -0.2) is 0 Å². The van der Waals surface area contributed by atoms with Crippen LogP contribution in [0.25, 0.3) is 0 Å². The maximum Gasteiger partial charge on any atom is 0.311 e. The summed E-state index contributed by atoms with van der Waals surface area (Å²) in [6, 6.07) is 7.52. The van der Waals surface area contributed by atoms with Gasteiger partial charge in [0.25, 0.3) is 0 Å². The molecule has 1 fully saturated rings. The average Bonchev–Trinajstić information content (AvgIpc) is 2.47. The van der Waals surface area contributed by atoms with Gasteiger partial charge in [0.1, 0.15) is 6.07 Å². The van der Waals surface area contributed by atoms with E-state index in [1.165, 1.54) is 0 Å². The highest BCUT2D eigenvalue weighted by Crippen LogP contribution is 2.39. The third kappa shape index (κ3) is 3.56. The zero-order valence-corrected chi connectivity index (χ0v) is 13.6. The van der Waals surface area contributed by atoms with Gasteiger partial charge in [-0.15, -0.1) is 0 Å². The van der Waals surface area contributed by atoms with E-state index in [1.54, 1.807) is 6.07 Å². The molecule has 0 atom stereocenters. The number of nitrogens with zero attached hydrogens (tertiary/aromatic N) is 1. The van der Waals surface area contributed by atoms with Crippen molar-refractivity contribution < 1.29 is 9.90 Å². The van der Waals surface area contributed by atoms with E-state index in [2.05, 4.69) is 34.2 Å². The van der Waals surface area contributed by atoms with Crippen molar-refractivity contribution in [2.75, 3.05) is 11.9 Å². The van der Waals surface area contributed by atoms with Gasteiger partial charge >= 0.3 is 5.97 Å². The molecule has 0 unspecified atom stereocenters. The number of carboxylic acids is 1. The monoisotopic (exact) mass is 350 g/mol. The Hall–Kier alpha value is -1.54. The topological polar surface area (TPSA) is 73.1 Å². The van der Waals surface area contributed by atoms with Gasteiger partial charge in [0.2, 0.25) is 0 Å². The lowest BCUT2D eigenvalue weighted by Gasteiger charge is -2.36. The molecule has 0 spiro atoms. The smallest absolute Gasteiger partial charge is 0.311 e. The molecule has 1 saturated carbocycles. The van der Waals surface area contributed by atoms with Crippen molar-refractivity contribution >= 4 is 27.6 Å². The van der Waals surface area contributed by atoms with E-state index in [0.717, 1.165) is 17.3 Å². The fourth-order valence-electron chi connectivity index (χ4n) is 2.81. The number of hydrogen-bond acceptors (Lipinski definition) is 3.